The standard InChI is InChI=1S/C17H22N2O3S2/c1-10-7-8-13(24(6,21)22)9-14(10)15(20)19-17(4,5)16-18-11(2)12(3)23-16/h7-9H,1-6H3,(H,19,20). The number of nitrogens with one attached hydrogen (secondary N) is 1. The van der Waals surface area contributed by atoms with Gasteiger partial charge < -0.3 is 5.32 Å². The molecule has 0 bridgehead atoms. The molecule has 1 amide bonds. The fraction of sp³-hybridized carbons (Fsp3) is 0.412. The first kappa shape index (κ1) is 18.6. The molecule has 1 aromatic heterocycles. The van der Waals surface area contributed by atoms with Gasteiger partial charge in [-0.3, -0.25) is 4.79 Å². The van der Waals surface area contributed by atoms with Crippen LogP contribution in [0.4, 0.5) is 0 Å². The lowest BCUT2D eigenvalue weighted by molar-refractivity contribution is 0.0911. The average Bonchev–Trinajstić information content (AvgIpc) is 2.78. The van der Waals surface area contributed by atoms with Crippen LogP contribution in [0.3, 0.4) is 0 Å². The number of thiazole rings is 1. The van der Waals surface area contributed by atoms with Gasteiger partial charge in [0.05, 0.1) is 16.1 Å². The van der Waals surface area contributed by atoms with Crippen LogP contribution >= 0.6 is 11.3 Å². The minimum Gasteiger partial charge on any atom is -0.341 e. The topological polar surface area (TPSA) is 76.1 Å². The van der Waals surface area contributed by atoms with Crippen LogP contribution in [0.2, 0.25) is 0 Å². The Morgan fingerprint density at radius 1 is 1.21 bits per heavy atom. The molecule has 2 aromatic rings. The van der Waals surface area contributed by atoms with Gasteiger partial charge in [0.25, 0.3) is 5.91 Å². The first-order chi connectivity index (χ1) is 10.9. The largest absolute Gasteiger partial charge is 0.341 e. The number of hydrogen-bond donors (Lipinski definition) is 1. The highest BCUT2D eigenvalue weighted by atomic mass is 32.2. The lowest BCUT2D eigenvalue weighted by Gasteiger charge is -2.24. The van der Waals surface area contributed by atoms with E-state index < -0.39 is 15.4 Å². The molecule has 1 N–H and O–H groups in total. The third-order valence-corrected chi connectivity index (χ3v) is 6.38. The fourth-order valence-electron chi connectivity index (χ4n) is 2.22. The van der Waals surface area contributed by atoms with Gasteiger partial charge in [-0.2, -0.15) is 0 Å². The minimum absolute atomic E-state index is 0.136. The number of benzene rings is 1. The number of nitrogens with zero attached hydrogens (tertiary/aromatic N) is 1. The third kappa shape index (κ3) is 3.84. The van der Waals surface area contributed by atoms with Crippen LogP contribution in [-0.4, -0.2) is 25.6 Å². The molecule has 0 fully saturated rings. The molecule has 0 aliphatic carbocycles. The number of aryl methyl sites for hydroxylation is 3. The number of sulfone groups is 1. The van der Waals surface area contributed by atoms with E-state index in [2.05, 4.69) is 10.3 Å². The highest BCUT2D eigenvalue weighted by Crippen LogP contribution is 2.28. The van der Waals surface area contributed by atoms with E-state index in [4.69, 9.17) is 0 Å². The summed E-state index contributed by atoms with van der Waals surface area (Å²) >= 11 is 1.55. The van der Waals surface area contributed by atoms with Gasteiger partial charge >= 0.3 is 0 Å². The van der Waals surface area contributed by atoms with Crippen LogP contribution in [-0.2, 0) is 15.4 Å². The Balaban J connectivity index is 2.35. The predicted octanol–water partition coefficient (Wildman–Crippen LogP) is 3.14. The zero-order chi connectivity index (χ0) is 18.3. The molecule has 0 saturated heterocycles. The highest BCUT2D eigenvalue weighted by molar-refractivity contribution is 7.90. The Bertz CT molecular complexity index is 877. The maximum Gasteiger partial charge on any atom is 0.252 e. The van der Waals surface area contributed by atoms with E-state index >= 15 is 0 Å². The highest BCUT2D eigenvalue weighted by Gasteiger charge is 2.28. The van der Waals surface area contributed by atoms with Crippen LogP contribution in [0, 0.1) is 20.8 Å². The summed E-state index contributed by atoms with van der Waals surface area (Å²) in [5.74, 6) is -0.312. The van der Waals surface area contributed by atoms with Gasteiger partial charge in [0.2, 0.25) is 0 Å². The van der Waals surface area contributed by atoms with Crippen molar-refractivity contribution in [1.29, 1.82) is 0 Å². The number of carbonyl (C=O) groups is 1. The van der Waals surface area contributed by atoms with Crippen molar-refractivity contribution >= 4 is 27.1 Å². The molecular formula is C17H22N2O3S2. The van der Waals surface area contributed by atoms with Crippen molar-refractivity contribution in [2.24, 2.45) is 0 Å². The minimum atomic E-state index is -3.36. The first-order valence-electron chi connectivity index (χ1n) is 7.49. The monoisotopic (exact) mass is 366 g/mol. The van der Waals surface area contributed by atoms with Crippen molar-refractivity contribution in [2.75, 3.05) is 6.26 Å². The van der Waals surface area contributed by atoms with Gasteiger partial charge in [-0.25, -0.2) is 13.4 Å². The molecule has 0 unspecified atom stereocenters. The fourth-order valence-corrected chi connectivity index (χ4v) is 3.84. The Labute approximate surface area is 147 Å². The lowest BCUT2D eigenvalue weighted by atomic mass is 10.0. The molecule has 0 atom stereocenters. The predicted molar refractivity (Wildman–Crippen MR) is 96.4 cm³/mol. The molecule has 7 heteroatoms. The van der Waals surface area contributed by atoms with Crippen molar-refractivity contribution in [2.45, 2.75) is 45.1 Å². The molecule has 2 rings (SSSR count). The SMILES string of the molecule is Cc1ccc(S(C)(=O)=O)cc1C(=O)NC(C)(C)c1nc(C)c(C)s1. The molecule has 0 radical (unpaired) electrons. The van der Waals surface area contributed by atoms with Crippen LogP contribution in [0.5, 0.6) is 0 Å². The molecule has 0 saturated carbocycles. The molecule has 0 spiro atoms. The molecule has 24 heavy (non-hydrogen) atoms. The van der Waals surface area contributed by atoms with E-state index in [0.717, 1.165) is 27.4 Å². The van der Waals surface area contributed by atoms with E-state index in [1.54, 1.807) is 24.3 Å². The van der Waals surface area contributed by atoms with Gasteiger partial charge in [-0.1, -0.05) is 6.07 Å². The van der Waals surface area contributed by atoms with Gasteiger partial charge in [-0.05, 0) is 52.3 Å². The third-order valence-electron chi connectivity index (χ3n) is 3.87. The molecular weight excluding hydrogens is 344 g/mol. The Morgan fingerprint density at radius 3 is 2.33 bits per heavy atom. The van der Waals surface area contributed by atoms with Crippen LogP contribution in [0.25, 0.3) is 0 Å². The van der Waals surface area contributed by atoms with Crippen LogP contribution in [0.15, 0.2) is 23.1 Å². The second-order valence-corrected chi connectivity index (χ2v) is 9.71. The summed E-state index contributed by atoms with van der Waals surface area (Å²) in [6.45, 7) is 9.49. The normalized spacial score (nSPS) is 12.2. The van der Waals surface area contributed by atoms with Crippen molar-refractivity contribution in [3.8, 4) is 0 Å². The smallest absolute Gasteiger partial charge is 0.252 e. The molecule has 5 nitrogen and oxygen atoms in total. The molecule has 0 aliphatic rings. The lowest BCUT2D eigenvalue weighted by Crippen LogP contribution is -2.41. The van der Waals surface area contributed by atoms with Gasteiger partial charge in [0.15, 0.2) is 9.84 Å². The van der Waals surface area contributed by atoms with Crippen LogP contribution in [0.1, 0.15) is 45.3 Å². The summed E-state index contributed by atoms with van der Waals surface area (Å²) in [7, 11) is -3.36. The van der Waals surface area contributed by atoms with Gasteiger partial charge in [0.1, 0.15) is 5.01 Å². The number of hydrogen-bond acceptors (Lipinski definition) is 5. The number of amides is 1. The summed E-state index contributed by atoms with van der Waals surface area (Å²) in [6.07, 6.45) is 1.13. The second kappa shape index (κ2) is 6.29. The zero-order valence-electron chi connectivity index (χ0n) is 14.7. The first-order valence-corrected chi connectivity index (χ1v) is 10.2. The van der Waals surface area contributed by atoms with Crippen molar-refractivity contribution in [1.82, 2.24) is 10.3 Å². The van der Waals surface area contributed by atoms with E-state index in [0.29, 0.717) is 5.56 Å². The Kier molecular flexibility index (Phi) is 4.88. The van der Waals surface area contributed by atoms with Crippen molar-refractivity contribution in [3.05, 3.63) is 44.9 Å². The molecule has 0 aliphatic heterocycles. The molecule has 1 aromatic carbocycles. The van der Waals surface area contributed by atoms with Gasteiger partial charge in [0, 0.05) is 16.7 Å². The van der Waals surface area contributed by atoms with E-state index in [1.807, 2.05) is 27.7 Å². The maximum atomic E-state index is 12.7. The summed E-state index contributed by atoms with van der Waals surface area (Å²) in [5.41, 5.74) is 1.39. The summed E-state index contributed by atoms with van der Waals surface area (Å²) in [5, 5.41) is 3.79. The number of carbonyl (C=O) groups excluding carboxylic acids is 1. The zero-order valence-corrected chi connectivity index (χ0v) is 16.4. The molecule has 1 heterocycles. The quantitative estimate of drug-likeness (QED) is 0.902. The van der Waals surface area contributed by atoms with Crippen LogP contribution < -0.4 is 5.32 Å². The van der Waals surface area contributed by atoms with E-state index in [1.165, 1.54) is 12.1 Å². The number of rotatable bonds is 4. The van der Waals surface area contributed by atoms with E-state index in [9.17, 15) is 13.2 Å². The number of aromatic nitrogens is 1. The van der Waals surface area contributed by atoms with Crippen molar-refractivity contribution < 1.29 is 13.2 Å². The average molecular weight is 367 g/mol. The summed E-state index contributed by atoms with van der Waals surface area (Å²) in [6, 6.07) is 4.59. The maximum absolute atomic E-state index is 12.7. The van der Waals surface area contributed by atoms with Gasteiger partial charge in [-0.15, -0.1) is 11.3 Å². The van der Waals surface area contributed by atoms with Crippen molar-refractivity contribution in [3.63, 3.8) is 0 Å². The summed E-state index contributed by atoms with van der Waals surface area (Å²) in [4.78, 5) is 18.5. The molecule has 130 valence electrons. The Hall–Kier alpha value is -1.73. The Morgan fingerprint density at radius 2 is 1.83 bits per heavy atom. The second-order valence-electron chi connectivity index (χ2n) is 6.49. The van der Waals surface area contributed by atoms with E-state index in [-0.39, 0.29) is 10.8 Å². The summed E-state index contributed by atoms with van der Waals surface area (Å²) < 4.78 is 23.5.